The van der Waals surface area contributed by atoms with Crippen molar-refractivity contribution in [3.63, 3.8) is 0 Å². The number of nitrogens with zero attached hydrogens (tertiary/aromatic N) is 1. The molecule has 1 aromatic rings. The fourth-order valence-electron chi connectivity index (χ4n) is 1.36. The first kappa shape index (κ1) is 12.9. The van der Waals surface area contributed by atoms with E-state index >= 15 is 0 Å². The highest BCUT2D eigenvalue weighted by atomic mass is 35.5. The van der Waals surface area contributed by atoms with Crippen molar-refractivity contribution >= 4 is 30.2 Å². The number of halogens is 1. The smallest absolute Gasteiger partial charge is 0.310 e. The summed E-state index contributed by atoms with van der Waals surface area (Å²) in [5.74, 6) is -0.162. The van der Waals surface area contributed by atoms with Crippen molar-refractivity contribution in [2.75, 3.05) is 7.11 Å². The number of alkyl halides is 1. The standard InChI is InChI=1S/C11H10ClNO2S/c1-15-11(14)4-10-7(5-12)2-9(16)3-8(10)6-13/h2-3,16H,4-5H2,1H3. The first-order valence-corrected chi connectivity index (χ1v) is 5.48. The number of hydrogen-bond donors (Lipinski definition) is 1. The third kappa shape index (κ3) is 2.91. The van der Waals surface area contributed by atoms with Crippen LogP contribution in [-0.4, -0.2) is 13.1 Å². The molecule has 0 unspecified atom stereocenters. The molecule has 16 heavy (non-hydrogen) atoms. The van der Waals surface area contributed by atoms with Gasteiger partial charge in [0.05, 0.1) is 25.2 Å². The van der Waals surface area contributed by atoms with E-state index in [1.54, 1.807) is 12.1 Å². The van der Waals surface area contributed by atoms with Crippen molar-refractivity contribution in [3.8, 4) is 6.07 Å². The highest BCUT2D eigenvalue weighted by Crippen LogP contribution is 2.22. The molecule has 3 nitrogen and oxygen atoms in total. The average Bonchev–Trinajstić information content (AvgIpc) is 2.30. The Kier molecular flexibility index (Phi) is 4.66. The number of benzene rings is 1. The van der Waals surface area contributed by atoms with E-state index in [9.17, 15) is 4.79 Å². The van der Waals surface area contributed by atoms with Crippen LogP contribution in [0.5, 0.6) is 0 Å². The number of carbonyl (C=O) groups excluding carboxylic acids is 1. The molecule has 0 aliphatic carbocycles. The Labute approximate surface area is 104 Å². The quantitative estimate of drug-likeness (QED) is 0.512. The van der Waals surface area contributed by atoms with Crippen molar-refractivity contribution in [1.29, 1.82) is 5.26 Å². The van der Waals surface area contributed by atoms with E-state index in [-0.39, 0.29) is 12.3 Å². The summed E-state index contributed by atoms with van der Waals surface area (Å²) in [6, 6.07) is 5.38. The van der Waals surface area contributed by atoms with Gasteiger partial charge in [0, 0.05) is 10.8 Å². The van der Waals surface area contributed by atoms with Crippen LogP contribution in [-0.2, 0) is 21.8 Å². The summed E-state index contributed by atoms with van der Waals surface area (Å²) in [6.45, 7) is 0. The molecule has 0 radical (unpaired) electrons. The van der Waals surface area contributed by atoms with E-state index in [0.717, 1.165) is 5.56 Å². The predicted octanol–water partition coefficient (Wildman–Crippen LogP) is 2.30. The van der Waals surface area contributed by atoms with Gasteiger partial charge in [-0.1, -0.05) is 0 Å². The van der Waals surface area contributed by atoms with Gasteiger partial charge in [0.1, 0.15) is 0 Å². The van der Waals surface area contributed by atoms with Gasteiger partial charge in [-0.25, -0.2) is 0 Å². The van der Waals surface area contributed by atoms with Crippen molar-refractivity contribution < 1.29 is 9.53 Å². The molecule has 0 saturated carbocycles. The van der Waals surface area contributed by atoms with E-state index in [1.807, 2.05) is 6.07 Å². The Morgan fingerprint density at radius 1 is 1.62 bits per heavy atom. The zero-order valence-corrected chi connectivity index (χ0v) is 10.3. The lowest BCUT2D eigenvalue weighted by molar-refractivity contribution is -0.139. The molecule has 0 aliphatic heterocycles. The van der Waals surface area contributed by atoms with Crippen molar-refractivity contribution in [2.24, 2.45) is 0 Å². The second-order valence-corrected chi connectivity index (χ2v) is 3.91. The van der Waals surface area contributed by atoms with Gasteiger partial charge in [0.25, 0.3) is 0 Å². The molecule has 0 N–H and O–H groups in total. The van der Waals surface area contributed by atoms with Gasteiger partial charge in [-0.3, -0.25) is 4.79 Å². The van der Waals surface area contributed by atoms with Crippen LogP contribution in [0.4, 0.5) is 0 Å². The van der Waals surface area contributed by atoms with Crippen molar-refractivity contribution in [2.45, 2.75) is 17.2 Å². The number of nitriles is 1. The van der Waals surface area contributed by atoms with Crippen LogP contribution in [0.1, 0.15) is 16.7 Å². The third-order valence-electron chi connectivity index (χ3n) is 2.14. The molecular weight excluding hydrogens is 246 g/mol. The molecule has 0 spiro atoms. The normalized spacial score (nSPS) is 9.62. The maximum Gasteiger partial charge on any atom is 0.310 e. The van der Waals surface area contributed by atoms with Crippen LogP contribution in [0.3, 0.4) is 0 Å². The van der Waals surface area contributed by atoms with E-state index in [4.69, 9.17) is 16.9 Å². The molecular formula is C11H10ClNO2S. The molecule has 0 aromatic heterocycles. The number of esters is 1. The van der Waals surface area contributed by atoms with Crippen LogP contribution in [0.25, 0.3) is 0 Å². The lowest BCUT2D eigenvalue weighted by atomic mass is 10.00. The number of thiol groups is 1. The second kappa shape index (κ2) is 5.78. The van der Waals surface area contributed by atoms with Gasteiger partial charge < -0.3 is 4.74 Å². The van der Waals surface area contributed by atoms with Crippen LogP contribution in [0, 0.1) is 11.3 Å². The molecule has 0 saturated heterocycles. The van der Waals surface area contributed by atoms with E-state index in [2.05, 4.69) is 17.4 Å². The molecule has 1 rings (SSSR count). The van der Waals surface area contributed by atoms with E-state index in [1.165, 1.54) is 7.11 Å². The Balaban J connectivity index is 3.23. The molecule has 5 heteroatoms. The SMILES string of the molecule is COC(=O)Cc1c(C#N)cc(S)cc1CCl. The Morgan fingerprint density at radius 2 is 2.31 bits per heavy atom. The summed E-state index contributed by atoms with van der Waals surface area (Å²) < 4.78 is 4.57. The molecule has 0 aliphatic rings. The fourth-order valence-corrected chi connectivity index (χ4v) is 1.88. The molecule has 0 heterocycles. The van der Waals surface area contributed by atoms with Crippen LogP contribution in [0.15, 0.2) is 17.0 Å². The number of hydrogen-bond acceptors (Lipinski definition) is 4. The first-order chi connectivity index (χ1) is 7.62. The van der Waals surface area contributed by atoms with E-state index in [0.29, 0.717) is 16.0 Å². The topological polar surface area (TPSA) is 50.1 Å². The van der Waals surface area contributed by atoms with Gasteiger partial charge in [0.2, 0.25) is 0 Å². The summed E-state index contributed by atoms with van der Waals surface area (Å²) in [5.41, 5.74) is 1.76. The monoisotopic (exact) mass is 255 g/mol. The Hall–Kier alpha value is -1.18. The minimum atomic E-state index is -0.394. The maximum absolute atomic E-state index is 11.2. The fraction of sp³-hybridized carbons (Fsp3) is 0.273. The van der Waals surface area contributed by atoms with Crippen molar-refractivity contribution in [1.82, 2.24) is 0 Å². The molecule has 0 fully saturated rings. The molecule has 84 valence electrons. The molecule has 1 aromatic carbocycles. The average molecular weight is 256 g/mol. The number of rotatable bonds is 3. The van der Waals surface area contributed by atoms with Gasteiger partial charge in [0.15, 0.2) is 0 Å². The lowest BCUT2D eigenvalue weighted by Gasteiger charge is -2.09. The third-order valence-corrected chi connectivity index (χ3v) is 2.69. The molecule has 0 amide bonds. The highest BCUT2D eigenvalue weighted by Gasteiger charge is 2.13. The number of methoxy groups -OCH3 is 1. The molecule has 0 bridgehead atoms. The Bertz CT molecular complexity index is 454. The van der Waals surface area contributed by atoms with Gasteiger partial charge in [-0.05, 0) is 23.3 Å². The van der Waals surface area contributed by atoms with Crippen molar-refractivity contribution in [3.05, 3.63) is 28.8 Å². The zero-order chi connectivity index (χ0) is 12.1. The summed E-state index contributed by atoms with van der Waals surface area (Å²) in [5, 5.41) is 8.97. The van der Waals surface area contributed by atoms with Crippen LogP contribution < -0.4 is 0 Å². The zero-order valence-electron chi connectivity index (χ0n) is 8.66. The summed E-state index contributed by atoms with van der Waals surface area (Å²) in [6.07, 6.45) is 0.0511. The number of carbonyl (C=O) groups is 1. The predicted molar refractivity (Wildman–Crippen MR) is 63.7 cm³/mol. The maximum atomic E-state index is 11.2. The van der Waals surface area contributed by atoms with Gasteiger partial charge in [-0.15, -0.1) is 24.2 Å². The first-order valence-electron chi connectivity index (χ1n) is 4.50. The van der Waals surface area contributed by atoms with Gasteiger partial charge in [-0.2, -0.15) is 5.26 Å². The highest BCUT2D eigenvalue weighted by molar-refractivity contribution is 7.80. The Morgan fingerprint density at radius 3 is 2.81 bits per heavy atom. The lowest BCUT2D eigenvalue weighted by Crippen LogP contribution is -2.08. The van der Waals surface area contributed by atoms with Gasteiger partial charge >= 0.3 is 5.97 Å². The number of ether oxygens (including phenoxy) is 1. The summed E-state index contributed by atoms with van der Waals surface area (Å²) in [7, 11) is 1.31. The molecule has 0 atom stereocenters. The summed E-state index contributed by atoms with van der Waals surface area (Å²) >= 11 is 9.93. The largest absolute Gasteiger partial charge is 0.469 e. The van der Waals surface area contributed by atoms with Crippen LogP contribution in [0.2, 0.25) is 0 Å². The minimum Gasteiger partial charge on any atom is -0.469 e. The second-order valence-electron chi connectivity index (χ2n) is 3.13. The van der Waals surface area contributed by atoms with Crippen LogP contribution >= 0.6 is 24.2 Å². The summed E-state index contributed by atoms with van der Waals surface area (Å²) in [4.78, 5) is 11.9. The van der Waals surface area contributed by atoms with E-state index < -0.39 is 5.97 Å². The minimum absolute atomic E-state index is 0.0511.